The molecule has 1 saturated carbocycles. The lowest BCUT2D eigenvalue weighted by atomic mass is 9.95. The Hall–Kier alpha value is -1.21. The van der Waals surface area contributed by atoms with Crippen LogP contribution in [0.3, 0.4) is 0 Å². The Balaban J connectivity index is 1.55. The summed E-state index contributed by atoms with van der Waals surface area (Å²) in [6, 6.07) is 4.72. The molecule has 0 bridgehead atoms. The van der Waals surface area contributed by atoms with Crippen molar-refractivity contribution in [3.05, 3.63) is 34.6 Å². The number of ether oxygens (including phenoxy) is 2. The van der Waals surface area contributed by atoms with Crippen molar-refractivity contribution in [2.45, 2.75) is 18.9 Å². The second kappa shape index (κ2) is 8.94. The quantitative estimate of drug-likeness (QED) is 0.773. The molecule has 1 aromatic carbocycles. The molecule has 138 valence electrons. The van der Waals surface area contributed by atoms with Crippen LogP contribution >= 0.6 is 11.6 Å². The summed E-state index contributed by atoms with van der Waals surface area (Å²) in [6.45, 7) is 3.11. The van der Waals surface area contributed by atoms with E-state index in [1.54, 1.807) is 6.07 Å². The minimum atomic E-state index is -0.462. The van der Waals surface area contributed by atoms with Crippen molar-refractivity contribution in [3.63, 3.8) is 0 Å². The summed E-state index contributed by atoms with van der Waals surface area (Å²) < 4.78 is 25.1. The van der Waals surface area contributed by atoms with Crippen molar-refractivity contribution in [2.24, 2.45) is 11.8 Å². The molecule has 1 saturated heterocycles. The van der Waals surface area contributed by atoms with E-state index in [2.05, 4.69) is 10.6 Å². The van der Waals surface area contributed by atoms with Crippen LogP contribution < -0.4 is 10.6 Å². The lowest BCUT2D eigenvalue weighted by Crippen LogP contribution is -2.38. The molecule has 2 aliphatic rings. The number of amides is 1. The first-order chi connectivity index (χ1) is 12.1. The average Bonchev–Trinajstić information content (AvgIpc) is 3.42. The second-order valence-electron chi connectivity index (χ2n) is 6.69. The normalized spacial score (nSPS) is 23.9. The fraction of sp³-hybridized carbons (Fsp3) is 0.611. The van der Waals surface area contributed by atoms with Crippen LogP contribution in [0, 0.1) is 17.7 Å². The van der Waals surface area contributed by atoms with Crippen LogP contribution in [0.2, 0.25) is 5.02 Å². The van der Waals surface area contributed by atoms with Gasteiger partial charge in [-0.2, -0.15) is 0 Å². The number of hydrogen-bond acceptors (Lipinski definition) is 4. The fourth-order valence-electron chi connectivity index (χ4n) is 2.92. The fourth-order valence-corrected chi connectivity index (χ4v) is 3.04. The number of carbonyl (C=O) groups is 1. The Morgan fingerprint density at radius 3 is 3.04 bits per heavy atom. The predicted molar refractivity (Wildman–Crippen MR) is 93.0 cm³/mol. The number of benzene rings is 1. The van der Waals surface area contributed by atoms with Gasteiger partial charge in [-0.05, 0) is 36.5 Å². The third-order valence-electron chi connectivity index (χ3n) is 4.53. The molecule has 1 aliphatic heterocycles. The Labute approximate surface area is 152 Å². The molecule has 2 N–H and O–H groups in total. The Morgan fingerprint density at radius 2 is 2.28 bits per heavy atom. The summed E-state index contributed by atoms with van der Waals surface area (Å²) in [5.74, 6) is 0.0362. The average molecular weight is 371 g/mol. The zero-order chi connectivity index (χ0) is 17.6. The smallest absolute Gasteiger partial charge is 0.246 e. The molecule has 0 unspecified atom stereocenters. The number of carbonyl (C=O) groups excluding carboxylic acids is 1. The van der Waals surface area contributed by atoms with Crippen LogP contribution in [0.1, 0.15) is 24.5 Å². The molecule has 25 heavy (non-hydrogen) atoms. The maximum atomic E-state index is 13.8. The first-order valence-electron chi connectivity index (χ1n) is 8.75. The zero-order valence-electron chi connectivity index (χ0n) is 14.1. The molecule has 2 atom stereocenters. The highest BCUT2D eigenvalue weighted by Crippen LogP contribution is 2.30. The van der Waals surface area contributed by atoms with E-state index in [1.165, 1.54) is 25.0 Å². The van der Waals surface area contributed by atoms with Gasteiger partial charge in [0, 0.05) is 25.6 Å². The molecule has 7 heteroatoms. The van der Waals surface area contributed by atoms with Crippen LogP contribution in [0.15, 0.2) is 18.2 Å². The molecule has 1 aromatic rings. The van der Waals surface area contributed by atoms with E-state index in [1.807, 2.05) is 0 Å². The highest BCUT2D eigenvalue weighted by Gasteiger charge is 2.27. The highest BCUT2D eigenvalue weighted by molar-refractivity contribution is 6.30. The summed E-state index contributed by atoms with van der Waals surface area (Å²) >= 11 is 5.77. The molecule has 3 rings (SSSR count). The van der Waals surface area contributed by atoms with Crippen molar-refractivity contribution in [2.75, 3.05) is 39.5 Å². The molecule has 5 nitrogen and oxygen atoms in total. The van der Waals surface area contributed by atoms with Gasteiger partial charge < -0.3 is 20.1 Å². The van der Waals surface area contributed by atoms with Crippen molar-refractivity contribution in [1.82, 2.24) is 10.6 Å². The lowest BCUT2D eigenvalue weighted by Gasteiger charge is -2.25. The van der Waals surface area contributed by atoms with Crippen LogP contribution in [0.5, 0.6) is 0 Å². The van der Waals surface area contributed by atoms with Gasteiger partial charge in [0.15, 0.2) is 0 Å². The monoisotopic (exact) mass is 370 g/mol. The third-order valence-corrected chi connectivity index (χ3v) is 4.83. The van der Waals surface area contributed by atoms with Crippen LogP contribution in [-0.4, -0.2) is 45.4 Å². The van der Waals surface area contributed by atoms with Crippen molar-refractivity contribution >= 4 is 17.5 Å². The van der Waals surface area contributed by atoms with Crippen LogP contribution in [0.25, 0.3) is 0 Å². The van der Waals surface area contributed by atoms with Gasteiger partial charge >= 0.3 is 0 Å². The molecule has 2 fully saturated rings. The number of halogens is 2. The largest absolute Gasteiger partial charge is 0.372 e. The summed E-state index contributed by atoms with van der Waals surface area (Å²) in [5.41, 5.74) is 0.731. The van der Waals surface area contributed by atoms with E-state index in [-0.39, 0.29) is 29.6 Å². The van der Waals surface area contributed by atoms with Crippen molar-refractivity contribution in [1.29, 1.82) is 0 Å². The van der Waals surface area contributed by atoms with Gasteiger partial charge in [0.1, 0.15) is 12.4 Å². The van der Waals surface area contributed by atoms with Gasteiger partial charge in [0.05, 0.1) is 24.3 Å². The molecular formula is C18H24ClFN2O3. The van der Waals surface area contributed by atoms with E-state index in [4.69, 9.17) is 21.1 Å². The van der Waals surface area contributed by atoms with Gasteiger partial charge in [0.2, 0.25) is 5.91 Å². The summed E-state index contributed by atoms with van der Waals surface area (Å²) in [6.07, 6.45) is 2.10. The lowest BCUT2D eigenvalue weighted by molar-refractivity contribution is -0.126. The molecule has 1 amide bonds. The van der Waals surface area contributed by atoms with Crippen LogP contribution in [-0.2, 0) is 14.3 Å². The molecule has 0 spiro atoms. The van der Waals surface area contributed by atoms with E-state index in [9.17, 15) is 9.18 Å². The Kier molecular flexibility index (Phi) is 6.64. The Morgan fingerprint density at radius 1 is 1.44 bits per heavy atom. The van der Waals surface area contributed by atoms with Gasteiger partial charge in [-0.1, -0.05) is 17.7 Å². The van der Waals surface area contributed by atoms with Gasteiger partial charge in [-0.3, -0.25) is 4.79 Å². The van der Waals surface area contributed by atoms with Crippen molar-refractivity contribution in [3.8, 4) is 0 Å². The predicted octanol–water partition coefficient (Wildman–Crippen LogP) is 2.30. The summed E-state index contributed by atoms with van der Waals surface area (Å²) in [7, 11) is 0. The second-order valence-corrected chi connectivity index (χ2v) is 7.10. The molecule has 0 radical (unpaired) electrons. The molecule has 1 aliphatic carbocycles. The van der Waals surface area contributed by atoms with E-state index < -0.39 is 5.82 Å². The highest BCUT2D eigenvalue weighted by atomic mass is 35.5. The van der Waals surface area contributed by atoms with Crippen molar-refractivity contribution < 1.29 is 18.7 Å². The maximum absolute atomic E-state index is 13.8. The zero-order valence-corrected chi connectivity index (χ0v) is 14.9. The molecule has 0 aromatic heterocycles. The minimum Gasteiger partial charge on any atom is -0.372 e. The van der Waals surface area contributed by atoms with Gasteiger partial charge in [-0.25, -0.2) is 4.39 Å². The number of nitrogens with one attached hydrogen (secondary N) is 2. The Bertz CT molecular complexity index is 598. The molecular weight excluding hydrogens is 347 g/mol. The SMILES string of the molecule is O=C(COCC1CC1)NC[C@@H]1CNCCO[C@H]1c1ccc(Cl)c(F)c1. The first-order valence-corrected chi connectivity index (χ1v) is 9.13. The number of rotatable bonds is 7. The van der Waals surface area contributed by atoms with E-state index in [0.717, 1.165) is 12.1 Å². The maximum Gasteiger partial charge on any atom is 0.246 e. The standard InChI is InChI=1S/C18H24ClFN2O3/c19-15-4-3-13(7-16(15)20)18-14(8-21-5-6-25-18)9-22-17(23)11-24-10-12-1-2-12/h3-4,7,12,14,18,21H,1-2,5-6,8-11H2,(H,22,23)/t14-,18-/m0/s1. The number of hydrogen-bond donors (Lipinski definition) is 2. The minimum absolute atomic E-state index is 0.00421. The first kappa shape index (κ1) is 18.6. The van der Waals surface area contributed by atoms with E-state index >= 15 is 0 Å². The third kappa shape index (κ3) is 5.64. The molecule has 1 heterocycles. The summed E-state index contributed by atoms with van der Waals surface area (Å²) in [5, 5.41) is 6.27. The van der Waals surface area contributed by atoms with Gasteiger partial charge in [0.25, 0.3) is 0 Å². The topological polar surface area (TPSA) is 59.6 Å². The van der Waals surface area contributed by atoms with Gasteiger partial charge in [-0.15, -0.1) is 0 Å². The summed E-state index contributed by atoms with van der Waals surface area (Å²) in [4.78, 5) is 11.9. The van der Waals surface area contributed by atoms with E-state index in [0.29, 0.717) is 32.2 Å². The van der Waals surface area contributed by atoms with Crippen LogP contribution in [0.4, 0.5) is 4.39 Å².